The zero-order chi connectivity index (χ0) is 20.6. The van der Waals surface area contributed by atoms with Crippen LogP contribution in [0.15, 0.2) is 74.9 Å². The molecule has 0 unspecified atom stereocenters. The molecule has 5 nitrogen and oxygen atoms in total. The molecule has 2 aromatic carbocycles. The van der Waals surface area contributed by atoms with Gasteiger partial charge in [0.25, 0.3) is 10.0 Å². The van der Waals surface area contributed by atoms with Crippen LogP contribution in [0.25, 0.3) is 22.0 Å². The van der Waals surface area contributed by atoms with E-state index in [0.717, 1.165) is 21.0 Å². The third-order valence-electron chi connectivity index (χ3n) is 4.69. The van der Waals surface area contributed by atoms with E-state index in [1.165, 1.54) is 3.97 Å². The van der Waals surface area contributed by atoms with Crippen molar-refractivity contribution >= 4 is 54.2 Å². The molecule has 0 radical (unpaired) electrons. The van der Waals surface area contributed by atoms with Gasteiger partial charge in [0.15, 0.2) is 0 Å². The van der Waals surface area contributed by atoms with Crippen LogP contribution in [0.5, 0.6) is 0 Å². The van der Waals surface area contributed by atoms with Gasteiger partial charge in [0, 0.05) is 22.5 Å². The molecule has 0 saturated carbocycles. The SMILES string of the molecule is O=C(O)CCc1cn(S(=O)(=O)c2ccc(Br)cc2)c2ccc(-c3ccsc3)cc12. The molecule has 4 rings (SSSR count). The first-order valence-corrected chi connectivity index (χ1v) is 11.9. The largest absolute Gasteiger partial charge is 0.481 e. The second kappa shape index (κ2) is 7.78. The van der Waals surface area contributed by atoms with Crippen molar-refractivity contribution < 1.29 is 18.3 Å². The number of carboxylic acid groups (broad SMARTS) is 1. The summed E-state index contributed by atoms with van der Waals surface area (Å²) in [7, 11) is -3.82. The average Bonchev–Trinajstić information content (AvgIpc) is 3.34. The lowest BCUT2D eigenvalue weighted by Crippen LogP contribution is -2.11. The molecule has 2 aromatic heterocycles. The van der Waals surface area contributed by atoms with Gasteiger partial charge in [-0.3, -0.25) is 4.79 Å². The van der Waals surface area contributed by atoms with E-state index in [0.29, 0.717) is 11.1 Å². The van der Waals surface area contributed by atoms with Crippen LogP contribution < -0.4 is 0 Å². The Morgan fingerprint density at radius 1 is 1.07 bits per heavy atom. The van der Waals surface area contributed by atoms with Gasteiger partial charge in [-0.05, 0) is 76.3 Å². The van der Waals surface area contributed by atoms with Gasteiger partial charge in [-0.1, -0.05) is 22.0 Å². The van der Waals surface area contributed by atoms with Crippen LogP contribution >= 0.6 is 27.3 Å². The summed E-state index contributed by atoms with van der Waals surface area (Å²) in [5, 5.41) is 13.8. The van der Waals surface area contributed by atoms with Crippen LogP contribution in [-0.2, 0) is 21.2 Å². The van der Waals surface area contributed by atoms with E-state index in [9.17, 15) is 13.2 Å². The molecule has 8 heteroatoms. The third-order valence-corrected chi connectivity index (χ3v) is 7.59. The zero-order valence-electron chi connectivity index (χ0n) is 15.1. The molecular formula is C21H16BrNO4S2. The Morgan fingerprint density at radius 3 is 2.48 bits per heavy atom. The van der Waals surface area contributed by atoms with Gasteiger partial charge in [-0.25, -0.2) is 12.4 Å². The summed E-state index contributed by atoms with van der Waals surface area (Å²) in [4.78, 5) is 11.3. The summed E-state index contributed by atoms with van der Waals surface area (Å²) < 4.78 is 28.6. The van der Waals surface area contributed by atoms with Gasteiger partial charge >= 0.3 is 5.97 Å². The Morgan fingerprint density at radius 2 is 1.83 bits per heavy atom. The lowest BCUT2D eigenvalue weighted by atomic mass is 10.0. The number of benzene rings is 2. The van der Waals surface area contributed by atoms with E-state index >= 15 is 0 Å². The standard InChI is InChI=1S/C21H16BrNO4S2/c22-17-3-5-18(6-4-17)29(26,27)23-12-15(2-8-21(24)25)19-11-14(1-7-20(19)23)16-9-10-28-13-16/h1,3-7,9-13H,2,8H2,(H,24,25). The van der Waals surface area contributed by atoms with Gasteiger partial charge in [0.1, 0.15) is 0 Å². The number of thiophene rings is 1. The van der Waals surface area contributed by atoms with Crippen molar-refractivity contribution in [3.8, 4) is 11.1 Å². The second-order valence-corrected chi connectivity index (χ2v) is 10.1. The average molecular weight is 490 g/mol. The molecule has 0 saturated heterocycles. The molecule has 0 aliphatic rings. The summed E-state index contributed by atoms with van der Waals surface area (Å²) in [5.41, 5.74) is 3.24. The molecule has 148 valence electrons. The minimum atomic E-state index is -3.82. The molecule has 0 fully saturated rings. The second-order valence-electron chi connectivity index (χ2n) is 6.55. The topological polar surface area (TPSA) is 76.4 Å². The molecule has 0 aliphatic heterocycles. The van der Waals surface area contributed by atoms with E-state index in [1.54, 1.807) is 47.9 Å². The highest BCUT2D eigenvalue weighted by atomic mass is 79.9. The molecule has 4 aromatic rings. The smallest absolute Gasteiger partial charge is 0.303 e. The number of aromatic nitrogens is 1. The molecule has 1 N–H and O–H groups in total. The molecule has 0 atom stereocenters. The van der Waals surface area contributed by atoms with Gasteiger partial charge < -0.3 is 5.11 Å². The van der Waals surface area contributed by atoms with Crippen molar-refractivity contribution in [3.63, 3.8) is 0 Å². The van der Waals surface area contributed by atoms with Gasteiger partial charge in [-0.2, -0.15) is 11.3 Å². The zero-order valence-corrected chi connectivity index (χ0v) is 18.3. The van der Waals surface area contributed by atoms with Crippen molar-refractivity contribution in [2.24, 2.45) is 0 Å². The first-order chi connectivity index (χ1) is 13.9. The maximum absolute atomic E-state index is 13.3. The fraction of sp³-hybridized carbons (Fsp3) is 0.0952. The Kier molecular flexibility index (Phi) is 5.33. The molecule has 0 amide bonds. The Bertz CT molecular complexity index is 1290. The number of carbonyl (C=O) groups is 1. The fourth-order valence-electron chi connectivity index (χ4n) is 3.23. The third kappa shape index (κ3) is 3.88. The summed E-state index contributed by atoms with van der Waals surface area (Å²) in [6.07, 6.45) is 1.73. The number of hydrogen-bond donors (Lipinski definition) is 1. The number of rotatable bonds is 6. The minimum Gasteiger partial charge on any atom is -0.481 e. The Balaban J connectivity index is 1.90. The summed E-state index contributed by atoms with van der Waals surface area (Å²) >= 11 is 4.90. The number of aryl methyl sites for hydroxylation is 1. The number of hydrogen-bond acceptors (Lipinski definition) is 4. The number of fused-ring (bicyclic) bond motifs is 1. The molecule has 0 spiro atoms. The van der Waals surface area contributed by atoms with Gasteiger partial charge in [-0.15, -0.1) is 0 Å². The summed E-state index contributed by atoms with van der Waals surface area (Å²) in [6.45, 7) is 0. The number of nitrogens with zero attached hydrogens (tertiary/aromatic N) is 1. The van der Waals surface area contributed by atoms with Crippen LogP contribution in [-0.4, -0.2) is 23.5 Å². The highest BCUT2D eigenvalue weighted by Gasteiger charge is 2.22. The highest BCUT2D eigenvalue weighted by Crippen LogP contribution is 2.32. The highest BCUT2D eigenvalue weighted by molar-refractivity contribution is 9.10. The lowest BCUT2D eigenvalue weighted by Gasteiger charge is -2.08. The number of aliphatic carboxylic acids is 1. The molecule has 0 aliphatic carbocycles. The molecule has 29 heavy (non-hydrogen) atoms. The predicted molar refractivity (Wildman–Crippen MR) is 118 cm³/mol. The first kappa shape index (κ1) is 19.9. The normalized spacial score (nSPS) is 11.8. The van der Waals surface area contributed by atoms with E-state index < -0.39 is 16.0 Å². The Hall–Kier alpha value is -2.42. The van der Waals surface area contributed by atoms with Crippen LogP contribution in [0.1, 0.15) is 12.0 Å². The molecule has 2 heterocycles. The maximum Gasteiger partial charge on any atom is 0.303 e. The minimum absolute atomic E-state index is 0.0693. The van der Waals surface area contributed by atoms with Crippen LogP contribution in [0, 0.1) is 0 Å². The van der Waals surface area contributed by atoms with Crippen LogP contribution in [0.2, 0.25) is 0 Å². The van der Waals surface area contributed by atoms with E-state index in [4.69, 9.17) is 5.11 Å². The summed E-state index contributed by atoms with van der Waals surface area (Å²) in [5.74, 6) is -0.921. The van der Waals surface area contributed by atoms with Crippen molar-refractivity contribution in [1.82, 2.24) is 3.97 Å². The molecule has 0 bridgehead atoms. The van der Waals surface area contributed by atoms with Crippen molar-refractivity contribution in [3.05, 3.63) is 75.5 Å². The predicted octanol–water partition coefficient (Wildman–Crippen LogP) is 5.39. The summed E-state index contributed by atoms with van der Waals surface area (Å²) in [6, 6.07) is 14.0. The quantitative estimate of drug-likeness (QED) is 0.394. The monoisotopic (exact) mass is 489 g/mol. The van der Waals surface area contributed by atoms with Crippen molar-refractivity contribution in [1.29, 1.82) is 0 Å². The first-order valence-electron chi connectivity index (χ1n) is 8.76. The molecular weight excluding hydrogens is 474 g/mol. The Labute approximate surface area is 180 Å². The van der Waals surface area contributed by atoms with Gasteiger partial charge in [0.2, 0.25) is 0 Å². The van der Waals surface area contributed by atoms with E-state index in [-0.39, 0.29) is 17.7 Å². The lowest BCUT2D eigenvalue weighted by molar-refractivity contribution is -0.136. The van der Waals surface area contributed by atoms with E-state index in [2.05, 4.69) is 15.9 Å². The van der Waals surface area contributed by atoms with Crippen LogP contribution in [0.3, 0.4) is 0 Å². The van der Waals surface area contributed by atoms with Crippen molar-refractivity contribution in [2.45, 2.75) is 17.7 Å². The fourth-order valence-corrected chi connectivity index (χ4v) is 5.55. The number of carboxylic acids is 1. The maximum atomic E-state index is 13.3. The number of halogens is 1. The van der Waals surface area contributed by atoms with E-state index in [1.807, 2.05) is 29.0 Å². The van der Waals surface area contributed by atoms with Crippen molar-refractivity contribution in [2.75, 3.05) is 0 Å². The van der Waals surface area contributed by atoms with Crippen LogP contribution in [0.4, 0.5) is 0 Å². The van der Waals surface area contributed by atoms with Gasteiger partial charge in [0.05, 0.1) is 10.4 Å².